The lowest BCUT2D eigenvalue weighted by Crippen LogP contribution is -1.98. The van der Waals surface area contributed by atoms with Crippen molar-refractivity contribution in [3.63, 3.8) is 0 Å². The van der Waals surface area contributed by atoms with E-state index >= 15 is 0 Å². The van der Waals surface area contributed by atoms with Gasteiger partial charge in [-0.3, -0.25) is 4.79 Å². The molecule has 0 aromatic carbocycles. The Bertz CT molecular complexity index is 565. The molecule has 0 spiro atoms. The minimum atomic E-state index is -0.139. The van der Waals surface area contributed by atoms with E-state index < -0.39 is 0 Å². The second-order valence-electron chi connectivity index (χ2n) is 5.63. The molecule has 3 heteroatoms. The van der Waals surface area contributed by atoms with Gasteiger partial charge < -0.3 is 4.74 Å². The summed E-state index contributed by atoms with van der Waals surface area (Å²) in [5, 5.41) is 8.40. The van der Waals surface area contributed by atoms with Crippen LogP contribution in [0.25, 0.3) is 0 Å². The molecule has 0 saturated heterocycles. The number of methoxy groups -OCH3 is 1. The Hall–Kier alpha value is -2.52. The zero-order valence-electron chi connectivity index (χ0n) is 16.0. The number of nitrogens with zero attached hydrogens (tertiary/aromatic N) is 1. The molecule has 0 N–H and O–H groups in total. The molecule has 0 aliphatic rings. The van der Waals surface area contributed by atoms with Crippen molar-refractivity contribution >= 4 is 5.97 Å². The maximum absolute atomic E-state index is 10.9. The summed E-state index contributed by atoms with van der Waals surface area (Å²) in [5.41, 5.74) is 0. The van der Waals surface area contributed by atoms with Gasteiger partial charge >= 0.3 is 5.97 Å². The number of allylic oxidation sites excluding steroid dienone is 8. The number of rotatable bonds is 13. The van der Waals surface area contributed by atoms with Crippen LogP contribution < -0.4 is 0 Å². The van der Waals surface area contributed by atoms with Gasteiger partial charge in [0.15, 0.2) is 0 Å². The highest BCUT2D eigenvalue weighted by molar-refractivity contribution is 5.69. The highest BCUT2D eigenvalue weighted by Gasteiger charge is 1.96. The van der Waals surface area contributed by atoms with Gasteiger partial charge in [-0.15, -0.1) is 5.92 Å². The van der Waals surface area contributed by atoms with Crippen molar-refractivity contribution in [2.24, 2.45) is 0 Å². The quantitative estimate of drug-likeness (QED) is 0.182. The van der Waals surface area contributed by atoms with E-state index in [1.165, 1.54) is 7.11 Å². The molecule has 0 fully saturated rings. The molecule has 0 unspecified atom stereocenters. The summed E-state index contributed by atoms with van der Waals surface area (Å²) in [6.45, 7) is 0. The first-order valence-electron chi connectivity index (χ1n) is 9.30. The zero-order valence-corrected chi connectivity index (χ0v) is 16.0. The fourth-order valence-electron chi connectivity index (χ4n) is 1.96. The highest BCUT2D eigenvalue weighted by Crippen LogP contribution is 2.00. The molecule has 26 heavy (non-hydrogen) atoms. The topological polar surface area (TPSA) is 50.1 Å². The Balaban J connectivity index is 3.51. The molecular weight excluding hydrogens is 322 g/mol. The van der Waals surface area contributed by atoms with Crippen molar-refractivity contribution in [1.82, 2.24) is 0 Å². The van der Waals surface area contributed by atoms with Crippen molar-refractivity contribution in [3.05, 3.63) is 48.6 Å². The Kier molecular flexibility index (Phi) is 18.5. The third-order valence-corrected chi connectivity index (χ3v) is 3.40. The fraction of sp³-hybridized carbons (Fsp3) is 0.478. The minimum absolute atomic E-state index is 0.139. The van der Waals surface area contributed by atoms with Crippen LogP contribution >= 0.6 is 0 Å². The number of nitriles is 1. The molecule has 0 heterocycles. The standard InChI is InChI=1S/C23H31NO2/c1-26-23(25)21-19-17-15-13-11-9-7-5-3-2-4-6-8-10-12-14-16-18-20-22-24/h2-3,6-9,13,15H,4-5,10-11,16-21H2,1H3/b3-2+,8-6+,9-7+,15-13+. The van der Waals surface area contributed by atoms with Gasteiger partial charge in [0.1, 0.15) is 0 Å². The SMILES string of the molecule is COC(=O)CCC/C=C/C/C=C/C/C=C/C/C=C/CC#CCCCC#N. The summed E-state index contributed by atoms with van der Waals surface area (Å²) in [6, 6.07) is 2.12. The average Bonchev–Trinajstić information content (AvgIpc) is 2.66. The van der Waals surface area contributed by atoms with Gasteiger partial charge in [0.05, 0.1) is 13.2 Å². The van der Waals surface area contributed by atoms with Crippen LogP contribution in [0.5, 0.6) is 0 Å². The second kappa shape index (κ2) is 20.5. The van der Waals surface area contributed by atoms with Crippen molar-refractivity contribution in [1.29, 1.82) is 5.26 Å². The number of carbonyl (C=O) groups is 1. The summed E-state index contributed by atoms with van der Waals surface area (Å²) in [4.78, 5) is 10.9. The van der Waals surface area contributed by atoms with Crippen molar-refractivity contribution in [3.8, 4) is 17.9 Å². The highest BCUT2D eigenvalue weighted by atomic mass is 16.5. The largest absolute Gasteiger partial charge is 0.469 e. The Morgan fingerprint density at radius 2 is 1.46 bits per heavy atom. The van der Waals surface area contributed by atoms with Crippen LogP contribution in [0.3, 0.4) is 0 Å². The van der Waals surface area contributed by atoms with Gasteiger partial charge in [0.2, 0.25) is 0 Å². The van der Waals surface area contributed by atoms with Crippen molar-refractivity contribution in [2.75, 3.05) is 7.11 Å². The van der Waals surface area contributed by atoms with Gasteiger partial charge in [-0.05, 0) is 38.5 Å². The van der Waals surface area contributed by atoms with Gasteiger partial charge in [-0.1, -0.05) is 54.5 Å². The second-order valence-corrected chi connectivity index (χ2v) is 5.63. The summed E-state index contributed by atoms with van der Waals surface area (Å²) in [7, 11) is 1.42. The third kappa shape index (κ3) is 19.5. The van der Waals surface area contributed by atoms with Gasteiger partial charge in [-0.25, -0.2) is 0 Å². The summed E-state index contributed by atoms with van der Waals surface area (Å²) in [5.74, 6) is 6.02. The van der Waals surface area contributed by atoms with E-state index in [-0.39, 0.29) is 5.97 Å². The number of carbonyl (C=O) groups excluding carboxylic acids is 1. The monoisotopic (exact) mass is 353 g/mol. The van der Waals surface area contributed by atoms with Gasteiger partial charge in [-0.2, -0.15) is 5.26 Å². The fourth-order valence-corrected chi connectivity index (χ4v) is 1.96. The number of hydrogen-bond donors (Lipinski definition) is 0. The molecule has 0 saturated carbocycles. The molecule has 0 rings (SSSR count). The maximum atomic E-state index is 10.9. The molecular formula is C23H31NO2. The predicted molar refractivity (Wildman–Crippen MR) is 108 cm³/mol. The van der Waals surface area contributed by atoms with E-state index in [4.69, 9.17) is 5.26 Å². The molecule has 0 aromatic rings. The van der Waals surface area contributed by atoms with Crippen LogP contribution in [0.1, 0.15) is 64.2 Å². The number of esters is 1. The van der Waals surface area contributed by atoms with Crippen LogP contribution in [0, 0.1) is 23.2 Å². The van der Waals surface area contributed by atoms with E-state index in [1.807, 2.05) is 0 Å². The van der Waals surface area contributed by atoms with Crippen LogP contribution in [0.15, 0.2) is 48.6 Å². The predicted octanol–water partition coefficient (Wildman–Crippen LogP) is 5.81. The van der Waals surface area contributed by atoms with Gasteiger partial charge in [0, 0.05) is 25.7 Å². The van der Waals surface area contributed by atoms with E-state index in [1.54, 1.807) is 0 Å². The lowest BCUT2D eigenvalue weighted by atomic mass is 10.2. The molecule has 0 aromatic heterocycles. The first-order valence-corrected chi connectivity index (χ1v) is 9.30. The Labute approximate surface area is 159 Å². The Morgan fingerprint density at radius 3 is 2.08 bits per heavy atom. The Morgan fingerprint density at radius 1 is 0.846 bits per heavy atom. The maximum Gasteiger partial charge on any atom is 0.305 e. The van der Waals surface area contributed by atoms with E-state index in [0.717, 1.165) is 51.4 Å². The first-order chi connectivity index (χ1) is 12.8. The van der Waals surface area contributed by atoms with Gasteiger partial charge in [0.25, 0.3) is 0 Å². The molecule has 0 aliphatic carbocycles. The summed E-state index contributed by atoms with van der Waals surface area (Å²) in [6.07, 6.45) is 25.2. The summed E-state index contributed by atoms with van der Waals surface area (Å²) < 4.78 is 4.59. The lowest BCUT2D eigenvalue weighted by Gasteiger charge is -1.95. The van der Waals surface area contributed by atoms with Crippen LogP contribution in [0.2, 0.25) is 0 Å². The normalized spacial score (nSPS) is 11.2. The molecule has 0 atom stereocenters. The number of ether oxygens (including phenoxy) is 1. The molecule has 0 amide bonds. The first kappa shape index (κ1) is 23.5. The number of unbranched alkanes of at least 4 members (excludes halogenated alkanes) is 3. The lowest BCUT2D eigenvalue weighted by molar-refractivity contribution is -0.140. The van der Waals surface area contributed by atoms with Crippen LogP contribution in [0.4, 0.5) is 0 Å². The van der Waals surface area contributed by atoms with Crippen LogP contribution in [-0.4, -0.2) is 13.1 Å². The van der Waals surface area contributed by atoms with E-state index in [2.05, 4.69) is 71.3 Å². The van der Waals surface area contributed by atoms with E-state index in [9.17, 15) is 4.79 Å². The molecule has 3 nitrogen and oxygen atoms in total. The summed E-state index contributed by atoms with van der Waals surface area (Å²) >= 11 is 0. The zero-order chi connectivity index (χ0) is 19.1. The molecule has 0 aliphatic heterocycles. The average molecular weight is 354 g/mol. The van der Waals surface area contributed by atoms with Crippen molar-refractivity contribution < 1.29 is 9.53 Å². The minimum Gasteiger partial charge on any atom is -0.469 e. The number of hydrogen-bond acceptors (Lipinski definition) is 3. The van der Waals surface area contributed by atoms with Crippen molar-refractivity contribution in [2.45, 2.75) is 64.2 Å². The molecule has 0 bridgehead atoms. The van der Waals surface area contributed by atoms with E-state index in [0.29, 0.717) is 12.8 Å². The molecule has 0 radical (unpaired) electrons. The molecule has 140 valence electrons. The third-order valence-electron chi connectivity index (χ3n) is 3.40. The smallest absolute Gasteiger partial charge is 0.305 e. The van der Waals surface area contributed by atoms with Crippen LogP contribution in [-0.2, 0) is 9.53 Å².